The first-order chi connectivity index (χ1) is 8.41. The third-order valence-corrected chi connectivity index (χ3v) is 2.91. The zero-order chi connectivity index (χ0) is 13.4. The molecule has 0 aliphatic carbocycles. The van der Waals surface area contributed by atoms with Crippen molar-refractivity contribution in [3.8, 4) is 0 Å². The second-order valence-corrected chi connectivity index (χ2v) is 4.49. The average Bonchev–Trinajstić information content (AvgIpc) is 2.66. The zero-order valence-corrected chi connectivity index (χ0v) is 10.1. The lowest BCUT2D eigenvalue weighted by Gasteiger charge is -2.08. The number of aliphatic hydroxyl groups is 1. The van der Waals surface area contributed by atoms with E-state index in [4.69, 9.17) is 5.11 Å². The van der Waals surface area contributed by atoms with Crippen molar-refractivity contribution in [2.24, 2.45) is 0 Å². The third-order valence-electron chi connectivity index (χ3n) is 2.91. The van der Waals surface area contributed by atoms with Crippen molar-refractivity contribution in [1.82, 2.24) is 4.57 Å². The molecular weight excluding hydrogens is 237 g/mol. The van der Waals surface area contributed by atoms with Crippen molar-refractivity contribution in [1.29, 1.82) is 0 Å². The summed E-state index contributed by atoms with van der Waals surface area (Å²) in [7, 11) is 0. The van der Waals surface area contributed by atoms with Crippen LogP contribution in [0.5, 0.6) is 0 Å². The molecule has 96 valence electrons. The Hall–Kier alpha value is -1.88. The summed E-state index contributed by atoms with van der Waals surface area (Å²) in [4.78, 5) is 10.9. The van der Waals surface area contributed by atoms with E-state index >= 15 is 0 Å². The Bertz CT molecular complexity index is 604. The van der Waals surface area contributed by atoms with Gasteiger partial charge in [-0.15, -0.1) is 0 Å². The van der Waals surface area contributed by atoms with Crippen LogP contribution < -0.4 is 0 Å². The number of aliphatic carboxylic acids is 1. The Labute approximate surface area is 103 Å². The highest BCUT2D eigenvalue weighted by molar-refractivity contribution is 5.89. The van der Waals surface area contributed by atoms with E-state index in [2.05, 4.69) is 0 Å². The number of carboxylic acid groups (broad SMARTS) is 1. The number of hydrogen-bond acceptors (Lipinski definition) is 2. The van der Waals surface area contributed by atoms with Crippen LogP contribution in [0.2, 0.25) is 0 Å². The van der Waals surface area contributed by atoms with E-state index in [-0.39, 0.29) is 17.4 Å². The van der Waals surface area contributed by atoms with Crippen molar-refractivity contribution in [2.45, 2.75) is 26.0 Å². The number of aromatic nitrogens is 1. The van der Waals surface area contributed by atoms with Gasteiger partial charge in [0.25, 0.3) is 0 Å². The summed E-state index contributed by atoms with van der Waals surface area (Å²) in [6.07, 6.45) is -0.0361. The Morgan fingerprint density at radius 2 is 2.06 bits per heavy atom. The topological polar surface area (TPSA) is 62.5 Å². The van der Waals surface area contributed by atoms with Crippen LogP contribution in [0.15, 0.2) is 24.4 Å². The summed E-state index contributed by atoms with van der Waals surface area (Å²) < 4.78 is 15.0. The predicted molar refractivity (Wildman–Crippen MR) is 64.9 cm³/mol. The second-order valence-electron chi connectivity index (χ2n) is 4.49. The molecule has 0 aliphatic heterocycles. The van der Waals surface area contributed by atoms with Crippen molar-refractivity contribution in [2.75, 3.05) is 0 Å². The molecule has 0 aliphatic rings. The molecule has 4 nitrogen and oxygen atoms in total. The highest BCUT2D eigenvalue weighted by Crippen LogP contribution is 2.29. The number of halogens is 1. The maximum absolute atomic E-state index is 13.3. The van der Waals surface area contributed by atoms with Gasteiger partial charge >= 0.3 is 5.97 Å². The van der Waals surface area contributed by atoms with E-state index < -0.39 is 12.1 Å². The van der Waals surface area contributed by atoms with Crippen LogP contribution >= 0.6 is 0 Å². The molecule has 1 aromatic carbocycles. The van der Waals surface area contributed by atoms with Crippen molar-refractivity contribution in [3.63, 3.8) is 0 Å². The quantitative estimate of drug-likeness (QED) is 0.880. The molecular formula is C13H14FNO3. The molecule has 2 rings (SSSR count). The molecule has 1 heterocycles. The van der Waals surface area contributed by atoms with Gasteiger partial charge in [0.15, 0.2) is 6.10 Å². The molecule has 5 heteroatoms. The molecule has 0 fully saturated rings. The van der Waals surface area contributed by atoms with E-state index in [1.807, 2.05) is 13.8 Å². The molecule has 0 spiro atoms. The number of nitrogens with zero attached hydrogens (tertiary/aromatic N) is 1. The number of rotatable bonds is 3. The molecule has 18 heavy (non-hydrogen) atoms. The van der Waals surface area contributed by atoms with Gasteiger partial charge in [-0.2, -0.15) is 0 Å². The lowest BCUT2D eigenvalue weighted by Crippen LogP contribution is -2.10. The fourth-order valence-electron chi connectivity index (χ4n) is 2.03. The molecule has 0 saturated heterocycles. The van der Waals surface area contributed by atoms with Crippen LogP contribution in [0.4, 0.5) is 4.39 Å². The summed E-state index contributed by atoms with van der Waals surface area (Å²) >= 11 is 0. The Morgan fingerprint density at radius 3 is 2.61 bits per heavy atom. The first-order valence-electron chi connectivity index (χ1n) is 5.62. The van der Waals surface area contributed by atoms with Crippen LogP contribution in [-0.2, 0) is 4.79 Å². The molecule has 1 atom stereocenters. The van der Waals surface area contributed by atoms with Gasteiger partial charge in [0.05, 0.1) is 5.52 Å². The minimum Gasteiger partial charge on any atom is -0.479 e. The number of carbonyl (C=O) groups is 1. The van der Waals surface area contributed by atoms with Gasteiger partial charge in [-0.3, -0.25) is 0 Å². The number of benzene rings is 1. The summed E-state index contributed by atoms with van der Waals surface area (Å²) in [6, 6.07) is 4.13. The number of hydrogen-bond donors (Lipinski definition) is 2. The number of carboxylic acids is 1. The highest BCUT2D eigenvalue weighted by atomic mass is 19.1. The smallest absolute Gasteiger partial charge is 0.337 e. The SMILES string of the molecule is CC(C)n1cc(C(O)C(=O)O)c2ccc(F)cc21. The Balaban J connectivity index is 2.72. The fraction of sp³-hybridized carbons (Fsp3) is 0.308. The van der Waals surface area contributed by atoms with Crippen molar-refractivity contribution in [3.05, 3.63) is 35.8 Å². The van der Waals surface area contributed by atoms with E-state index in [1.165, 1.54) is 18.2 Å². The van der Waals surface area contributed by atoms with E-state index in [9.17, 15) is 14.3 Å². The van der Waals surface area contributed by atoms with Gasteiger partial charge in [0, 0.05) is 23.2 Å². The first-order valence-corrected chi connectivity index (χ1v) is 5.62. The third kappa shape index (κ3) is 1.97. The van der Waals surface area contributed by atoms with Crippen molar-refractivity contribution >= 4 is 16.9 Å². The largest absolute Gasteiger partial charge is 0.479 e. The normalized spacial score (nSPS) is 13.2. The average molecular weight is 251 g/mol. The highest BCUT2D eigenvalue weighted by Gasteiger charge is 2.22. The second kappa shape index (κ2) is 4.42. The Kier molecular flexibility index (Phi) is 3.09. The van der Waals surface area contributed by atoms with Crippen LogP contribution in [0.3, 0.4) is 0 Å². The zero-order valence-electron chi connectivity index (χ0n) is 10.1. The fourth-order valence-corrected chi connectivity index (χ4v) is 2.03. The summed E-state index contributed by atoms with van der Waals surface area (Å²) in [6.45, 7) is 3.81. The minimum atomic E-state index is -1.60. The molecule has 1 aromatic heterocycles. The van der Waals surface area contributed by atoms with Crippen LogP contribution in [0, 0.1) is 5.82 Å². The minimum absolute atomic E-state index is 0.0454. The van der Waals surface area contributed by atoms with E-state index in [0.717, 1.165) is 0 Å². The van der Waals surface area contributed by atoms with Gasteiger partial charge in [-0.05, 0) is 32.0 Å². The predicted octanol–water partition coefficient (Wildman–Crippen LogP) is 2.48. The monoisotopic (exact) mass is 251 g/mol. The number of fused-ring (bicyclic) bond motifs is 1. The molecule has 2 aromatic rings. The van der Waals surface area contributed by atoms with Gasteiger partial charge in [0.1, 0.15) is 5.82 Å². The molecule has 0 saturated carbocycles. The van der Waals surface area contributed by atoms with Crippen LogP contribution in [0.25, 0.3) is 10.9 Å². The standard InChI is InChI=1S/C13H14FNO3/c1-7(2)15-6-10(12(16)13(17)18)9-4-3-8(14)5-11(9)15/h3-7,12,16H,1-2H3,(H,17,18). The van der Waals surface area contributed by atoms with Crippen LogP contribution in [0.1, 0.15) is 31.6 Å². The maximum atomic E-state index is 13.3. The van der Waals surface area contributed by atoms with Gasteiger partial charge < -0.3 is 14.8 Å². The van der Waals surface area contributed by atoms with E-state index in [1.54, 1.807) is 10.8 Å². The lowest BCUT2D eigenvalue weighted by atomic mass is 10.1. The number of aliphatic hydroxyl groups excluding tert-OH is 1. The summed E-state index contributed by atoms with van der Waals surface area (Å²) in [5.41, 5.74) is 0.867. The molecule has 0 bridgehead atoms. The van der Waals surface area contributed by atoms with Crippen LogP contribution in [-0.4, -0.2) is 20.7 Å². The molecule has 2 N–H and O–H groups in total. The maximum Gasteiger partial charge on any atom is 0.337 e. The molecule has 0 amide bonds. The lowest BCUT2D eigenvalue weighted by molar-refractivity contribution is -0.146. The summed E-state index contributed by atoms with van der Waals surface area (Å²) in [5.74, 6) is -1.71. The molecule has 0 radical (unpaired) electrons. The van der Waals surface area contributed by atoms with Gasteiger partial charge in [-0.25, -0.2) is 9.18 Å². The Morgan fingerprint density at radius 1 is 1.39 bits per heavy atom. The first kappa shape index (κ1) is 12.6. The molecule has 1 unspecified atom stereocenters. The van der Waals surface area contributed by atoms with Crippen molar-refractivity contribution < 1.29 is 19.4 Å². The van der Waals surface area contributed by atoms with Gasteiger partial charge in [0.2, 0.25) is 0 Å². The van der Waals surface area contributed by atoms with E-state index in [0.29, 0.717) is 10.9 Å². The van der Waals surface area contributed by atoms with Gasteiger partial charge in [-0.1, -0.05) is 0 Å². The summed E-state index contributed by atoms with van der Waals surface area (Å²) in [5, 5.41) is 19.1.